The topological polar surface area (TPSA) is 73.3 Å². The zero-order chi connectivity index (χ0) is 30.0. The van der Waals surface area contributed by atoms with Crippen molar-refractivity contribution in [2.45, 2.75) is 46.6 Å². The maximum absolute atomic E-state index is 13.7. The van der Waals surface area contributed by atoms with Gasteiger partial charge < -0.3 is 19.6 Å². The first-order chi connectivity index (χ1) is 19.5. The molecule has 1 aliphatic heterocycles. The van der Waals surface area contributed by atoms with Gasteiger partial charge in [0.2, 0.25) is 0 Å². The number of aryl methyl sites for hydroxylation is 1. The van der Waals surface area contributed by atoms with Crippen LogP contribution in [0.2, 0.25) is 0 Å². The van der Waals surface area contributed by atoms with Gasteiger partial charge in [0.05, 0.1) is 18.7 Å². The molecule has 1 N–H and O–H groups in total. The Kier molecular flexibility index (Phi) is 8.76. The van der Waals surface area contributed by atoms with Gasteiger partial charge >= 0.3 is 0 Å². The smallest absolute Gasteiger partial charge is 0.300 e. The van der Waals surface area contributed by atoms with Crippen molar-refractivity contribution >= 4 is 34.5 Å². The molecule has 3 aromatic rings. The van der Waals surface area contributed by atoms with Crippen molar-refractivity contribution in [1.82, 2.24) is 0 Å². The van der Waals surface area contributed by atoms with Gasteiger partial charge in [-0.25, -0.2) is 0 Å². The predicted molar refractivity (Wildman–Crippen MR) is 167 cm³/mol. The van der Waals surface area contributed by atoms with Crippen molar-refractivity contribution in [1.29, 1.82) is 0 Å². The van der Waals surface area contributed by atoms with E-state index in [-0.39, 0.29) is 17.3 Å². The Balaban J connectivity index is 1.93. The SMILES string of the molecule is CCN(CC)c1ccc(N2C(=O)C(=O)/C(=C(/O)c3cc(C(C)C)c(OC)cc3C)C2c2ccc(N(C)C)cc2)cc1. The van der Waals surface area contributed by atoms with Crippen LogP contribution in [0.4, 0.5) is 17.1 Å². The molecule has 1 fully saturated rings. The van der Waals surface area contributed by atoms with Gasteiger partial charge in [-0.1, -0.05) is 26.0 Å². The van der Waals surface area contributed by atoms with Crippen molar-refractivity contribution < 1.29 is 19.4 Å². The molecule has 41 heavy (non-hydrogen) atoms. The molecule has 3 aromatic carbocycles. The molecule has 7 nitrogen and oxygen atoms in total. The lowest BCUT2D eigenvalue weighted by atomic mass is 9.91. The van der Waals surface area contributed by atoms with Crippen molar-refractivity contribution in [3.05, 3.63) is 88.5 Å². The van der Waals surface area contributed by atoms with Gasteiger partial charge in [-0.15, -0.1) is 0 Å². The largest absolute Gasteiger partial charge is 0.507 e. The molecular formula is C34H41N3O4. The summed E-state index contributed by atoms with van der Waals surface area (Å²) in [7, 11) is 5.53. The zero-order valence-electron chi connectivity index (χ0n) is 25.4. The van der Waals surface area contributed by atoms with Crippen LogP contribution in [0, 0.1) is 6.92 Å². The number of nitrogens with zero attached hydrogens (tertiary/aromatic N) is 3. The highest BCUT2D eigenvalue weighted by Gasteiger charge is 2.47. The van der Waals surface area contributed by atoms with E-state index in [0.717, 1.165) is 46.9 Å². The fourth-order valence-electron chi connectivity index (χ4n) is 5.51. The Bertz CT molecular complexity index is 1450. The third kappa shape index (κ3) is 5.53. The minimum atomic E-state index is -0.797. The summed E-state index contributed by atoms with van der Waals surface area (Å²) in [5.74, 6) is -0.719. The average molecular weight is 556 g/mol. The van der Waals surface area contributed by atoms with Gasteiger partial charge in [-0.05, 0) is 91.9 Å². The first-order valence-corrected chi connectivity index (χ1v) is 14.2. The summed E-state index contributed by atoms with van der Waals surface area (Å²) in [5, 5.41) is 11.8. The summed E-state index contributed by atoms with van der Waals surface area (Å²) in [4.78, 5) is 33.1. The average Bonchev–Trinajstić information content (AvgIpc) is 3.23. The van der Waals surface area contributed by atoms with Crippen LogP contribution in [-0.4, -0.2) is 51.1 Å². The Morgan fingerprint density at radius 2 is 1.54 bits per heavy atom. The number of benzene rings is 3. The van der Waals surface area contributed by atoms with Crippen LogP contribution in [-0.2, 0) is 9.59 Å². The van der Waals surface area contributed by atoms with E-state index in [2.05, 4.69) is 18.7 Å². The van der Waals surface area contributed by atoms with Crippen LogP contribution in [0.25, 0.3) is 5.76 Å². The van der Waals surface area contributed by atoms with E-state index in [9.17, 15) is 14.7 Å². The number of ketones is 1. The summed E-state index contributed by atoms with van der Waals surface area (Å²) >= 11 is 0. The summed E-state index contributed by atoms with van der Waals surface area (Å²) in [6.45, 7) is 11.9. The van der Waals surface area contributed by atoms with Crippen LogP contribution in [0.3, 0.4) is 0 Å². The van der Waals surface area contributed by atoms with Gasteiger partial charge in [-0.2, -0.15) is 0 Å². The molecule has 1 amide bonds. The summed E-state index contributed by atoms with van der Waals surface area (Å²) in [5.41, 5.74) is 5.60. The number of anilines is 3. The summed E-state index contributed by atoms with van der Waals surface area (Å²) < 4.78 is 5.59. The highest BCUT2D eigenvalue weighted by atomic mass is 16.5. The molecule has 0 radical (unpaired) electrons. The molecule has 0 saturated carbocycles. The second-order valence-corrected chi connectivity index (χ2v) is 10.9. The fourth-order valence-corrected chi connectivity index (χ4v) is 5.51. The minimum absolute atomic E-state index is 0.0726. The molecule has 0 aliphatic carbocycles. The van der Waals surface area contributed by atoms with E-state index >= 15 is 0 Å². The number of Topliss-reactive ketones (excluding diaryl/α,β-unsaturated/α-hetero) is 1. The van der Waals surface area contributed by atoms with E-state index in [4.69, 9.17) is 4.74 Å². The number of ether oxygens (including phenoxy) is 1. The standard InChI is InChI=1S/C34H41N3O4/c1-9-36(10-2)25-15-17-26(18-16-25)37-31(23-11-13-24(14-12-23)35(6)7)30(33(39)34(37)40)32(38)28-20-27(21(3)4)29(41-8)19-22(28)5/h11-21,31,38H,9-10H2,1-8H3/b32-30+. The monoisotopic (exact) mass is 555 g/mol. The number of carbonyl (C=O) groups is 2. The maximum Gasteiger partial charge on any atom is 0.300 e. The number of hydrogen-bond acceptors (Lipinski definition) is 6. The Morgan fingerprint density at radius 1 is 0.951 bits per heavy atom. The number of amides is 1. The second-order valence-electron chi connectivity index (χ2n) is 10.9. The third-order valence-corrected chi connectivity index (χ3v) is 7.88. The number of rotatable bonds is 9. The van der Waals surface area contributed by atoms with Crippen LogP contribution >= 0.6 is 0 Å². The van der Waals surface area contributed by atoms with E-state index in [0.29, 0.717) is 11.3 Å². The summed E-state index contributed by atoms with van der Waals surface area (Å²) in [6.07, 6.45) is 0. The predicted octanol–water partition coefficient (Wildman–Crippen LogP) is 6.67. The van der Waals surface area contributed by atoms with Crippen molar-refractivity contribution in [3.8, 4) is 5.75 Å². The summed E-state index contributed by atoms with van der Waals surface area (Å²) in [6, 6.07) is 18.4. The number of aliphatic hydroxyl groups is 1. The van der Waals surface area contributed by atoms with Gasteiger partial charge in [0.15, 0.2) is 0 Å². The van der Waals surface area contributed by atoms with Gasteiger partial charge in [0, 0.05) is 49.8 Å². The lowest BCUT2D eigenvalue weighted by molar-refractivity contribution is -0.132. The Labute approximate surface area is 243 Å². The highest BCUT2D eigenvalue weighted by molar-refractivity contribution is 6.51. The molecule has 1 atom stereocenters. The van der Waals surface area contributed by atoms with Crippen LogP contribution in [0.1, 0.15) is 61.9 Å². The lowest BCUT2D eigenvalue weighted by Crippen LogP contribution is -2.29. The first kappa shape index (κ1) is 29.7. The van der Waals surface area contributed by atoms with E-state index < -0.39 is 17.7 Å². The molecule has 1 saturated heterocycles. The second kappa shape index (κ2) is 12.1. The zero-order valence-corrected chi connectivity index (χ0v) is 25.4. The van der Waals surface area contributed by atoms with Gasteiger partial charge in [-0.3, -0.25) is 14.5 Å². The van der Waals surface area contributed by atoms with E-state index in [1.807, 2.05) is 100 Å². The van der Waals surface area contributed by atoms with Crippen LogP contribution < -0.4 is 19.4 Å². The Hall–Kier alpha value is -4.26. The number of hydrogen-bond donors (Lipinski definition) is 1. The van der Waals surface area contributed by atoms with Crippen molar-refractivity contribution in [3.63, 3.8) is 0 Å². The van der Waals surface area contributed by atoms with E-state index in [1.54, 1.807) is 7.11 Å². The molecule has 1 aliphatic rings. The number of carbonyl (C=O) groups excluding carboxylic acids is 2. The molecule has 0 spiro atoms. The molecule has 1 unspecified atom stereocenters. The lowest BCUT2D eigenvalue weighted by Gasteiger charge is -2.27. The highest BCUT2D eigenvalue weighted by Crippen LogP contribution is 2.44. The van der Waals surface area contributed by atoms with Crippen LogP contribution in [0.15, 0.2) is 66.2 Å². The van der Waals surface area contributed by atoms with Gasteiger partial charge in [0.1, 0.15) is 11.5 Å². The Morgan fingerprint density at radius 3 is 2.05 bits per heavy atom. The molecule has 1 heterocycles. The van der Waals surface area contributed by atoms with E-state index in [1.165, 1.54) is 4.90 Å². The minimum Gasteiger partial charge on any atom is -0.507 e. The molecule has 0 bridgehead atoms. The molecular weight excluding hydrogens is 514 g/mol. The number of methoxy groups -OCH3 is 1. The number of aliphatic hydroxyl groups excluding tert-OH is 1. The van der Waals surface area contributed by atoms with Gasteiger partial charge in [0.25, 0.3) is 11.7 Å². The molecule has 4 rings (SSSR count). The molecule has 7 heteroatoms. The molecule has 0 aromatic heterocycles. The normalized spacial score (nSPS) is 16.4. The fraction of sp³-hybridized carbons (Fsp3) is 0.353. The van der Waals surface area contributed by atoms with Crippen LogP contribution in [0.5, 0.6) is 5.75 Å². The van der Waals surface area contributed by atoms with Crippen molar-refractivity contribution in [2.75, 3.05) is 49.0 Å². The third-order valence-electron chi connectivity index (χ3n) is 7.88. The first-order valence-electron chi connectivity index (χ1n) is 14.2. The maximum atomic E-state index is 13.7. The van der Waals surface area contributed by atoms with Crippen molar-refractivity contribution in [2.24, 2.45) is 0 Å². The molecule has 216 valence electrons. The quantitative estimate of drug-likeness (QED) is 0.181.